The maximum atomic E-state index is 12.8. The van der Waals surface area contributed by atoms with Gasteiger partial charge in [0.15, 0.2) is 0 Å². The summed E-state index contributed by atoms with van der Waals surface area (Å²) in [7, 11) is 0. The summed E-state index contributed by atoms with van der Waals surface area (Å²) in [6, 6.07) is 3.19. The van der Waals surface area contributed by atoms with Gasteiger partial charge in [0.05, 0.1) is 12.2 Å². The van der Waals surface area contributed by atoms with E-state index in [4.69, 9.17) is 20.6 Å². The fourth-order valence-electron chi connectivity index (χ4n) is 1.62. The molecule has 0 aromatic heterocycles. The zero-order valence-corrected chi connectivity index (χ0v) is 11.3. The highest BCUT2D eigenvalue weighted by Gasteiger charge is 2.34. The first-order valence-electron chi connectivity index (χ1n) is 6.05. The number of benzene rings is 1. The van der Waals surface area contributed by atoms with Gasteiger partial charge in [-0.25, -0.2) is 0 Å². The van der Waals surface area contributed by atoms with Crippen LogP contribution >= 0.6 is 0 Å². The monoisotopic (exact) mass is 290 g/mol. The minimum Gasteiger partial charge on any atom is -0.488 e. The molecule has 0 aliphatic heterocycles. The van der Waals surface area contributed by atoms with Gasteiger partial charge in [-0.05, 0) is 32.0 Å². The van der Waals surface area contributed by atoms with Gasteiger partial charge in [-0.2, -0.15) is 13.2 Å². The van der Waals surface area contributed by atoms with E-state index in [-0.39, 0.29) is 11.9 Å². The summed E-state index contributed by atoms with van der Waals surface area (Å²) < 4.78 is 48.9. The van der Waals surface area contributed by atoms with Crippen LogP contribution in [0, 0.1) is 5.41 Å². The van der Waals surface area contributed by atoms with E-state index in [1.807, 2.05) is 6.92 Å². The average molecular weight is 290 g/mol. The number of nitrogens with two attached hydrogens (primary N) is 1. The summed E-state index contributed by atoms with van der Waals surface area (Å²) in [5, 5.41) is 7.24. The van der Waals surface area contributed by atoms with Crippen LogP contribution in [0.25, 0.3) is 0 Å². The molecule has 3 N–H and O–H groups in total. The van der Waals surface area contributed by atoms with Gasteiger partial charge < -0.3 is 15.2 Å². The molecule has 0 spiro atoms. The highest BCUT2D eigenvalue weighted by molar-refractivity contribution is 5.97. The van der Waals surface area contributed by atoms with E-state index < -0.39 is 23.1 Å². The van der Waals surface area contributed by atoms with Crippen LogP contribution in [-0.2, 0) is 10.9 Å². The van der Waals surface area contributed by atoms with E-state index in [9.17, 15) is 13.2 Å². The third-order valence-electron chi connectivity index (χ3n) is 2.48. The summed E-state index contributed by atoms with van der Waals surface area (Å²) in [4.78, 5) is 0. The molecule has 0 bridgehead atoms. The fourth-order valence-corrected chi connectivity index (χ4v) is 1.62. The highest BCUT2D eigenvalue weighted by Crippen LogP contribution is 2.33. The first-order valence-corrected chi connectivity index (χ1v) is 6.05. The predicted molar refractivity (Wildman–Crippen MR) is 69.0 cm³/mol. The Morgan fingerprint density at radius 2 is 2.05 bits per heavy atom. The second-order valence-corrected chi connectivity index (χ2v) is 4.21. The maximum Gasteiger partial charge on any atom is 0.417 e. The molecule has 0 amide bonds. The molecule has 7 heteroatoms. The second-order valence-electron chi connectivity index (χ2n) is 4.21. The van der Waals surface area contributed by atoms with Crippen LogP contribution < -0.4 is 10.5 Å². The molecule has 4 nitrogen and oxygen atoms in total. The van der Waals surface area contributed by atoms with E-state index in [1.165, 1.54) is 6.07 Å². The van der Waals surface area contributed by atoms with Gasteiger partial charge in [-0.15, -0.1) is 0 Å². The van der Waals surface area contributed by atoms with E-state index in [2.05, 4.69) is 0 Å². The van der Waals surface area contributed by atoms with Crippen molar-refractivity contribution in [3.05, 3.63) is 29.3 Å². The standard InChI is InChI=1S/C13H17F3N2O2/c1-3-19-7-8(2)20-9-4-5-11(13(14,15)16)10(6-9)12(17)18/h4-6,8H,3,7H2,1-2H3,(H3,17,18). The molecule has 20 heavy (non-hydrogen) atoms. The van der Waals surface area contributed by atoms with Crippen molar-refractivity contribution in [3.63, 3.8) is 0 Å². The topological polar surface area (TPSA) is 68.3 Å². The first kappa shape index (κ1) is 16.3. The summed E-state index contributed by atoms with van der Waals surface area (Å²) >= 11 is 0. The molecule has 0 radical (unpaired) electrons. The van der Waals surface area contributed by atoms with Crippen molar-refractivity contribution in [2.24, 2.45) is 5.73 Å². The Morgan fingerprint density at radius 1 is 1.40 bits per heavy atom. The number of hydrogen-bond donors (Lipinski definition) is 2. The summed E-state index contributed by atoms with van der Waals surface area (Å²) in [6.45, 7) is 4.42. The number of hydrogen-bond acceptors (Lipinski definition) is 3. The van der Waals surface area contributed by atoms with Crippen LogP contribution in [0.3, 0.4) is 0 Å². The third kappa shape index (κ3) is 4.41. The van der Waals surface area contributed by atoms with E-state index >= 15 is 0 Å². The summed E-state index contributed by atoms with van der Waals surface area (Å²) in [6.07, 6.45) is -4.87. The number of alkyl halides is 3. The average Bonchev–Trinajstić information content (AvgIpc) is 2.34. The highest BCUT2D eigenvalue weighted by atomic mass is 19.4. The zero-order chi connectivity index (χ0) is 15.3. The van der Waals surface area contributed by atoms with Crippen LogP contribution in [-0.4, -0.2) is 25.2 Å². The molecule has 0 heterocycles. The molecule has 1 aromatic rings. The third-order valence-corrected chi connectivity index (χ3v) is 2.48. The van der Waals surface area contributed by atoms with Gasteiger partial charge in [-0.1, -0.05) is 0 Å². The van der Waals surface area contributed by atoms with Gasteiger partial charge in [0.25, 0.3) is 0 Å². The Kier molecular flexibility index (Phi) is 5.38. The minimum absolute atomic E-state index is 0.218. The number of nitrogens with one attached hydrogen (secondary N) is 1. The summed E-state index contributed by atoms with van der Waals surface area (Å²) in [5.74, 6) is -0.435. The molecule has 1 atom stereocenters. The molecule has 0 aliphatic carbocycles. The maximum absolute atomic E-state index is 12.8. The number of nitrogen functional groups attached to an aromatic ring is 1. The van der Waals surface area contributed by atoms with Gasteiger partial charge in [-0.3, -0.25) is 5.41 Å². The molecule has 0 saturated heterocycles. The minimum atomic E-state index is -4.56. The molecule has 0 fully saturated rings. The molecule has 0 saturated carbocycles. The Hall–Kier alpha value is -1.76. The van der Waals surface area contributed by atoms with Crippen LogP contribution in [0.15, 0.2) is 18.2 Å². The predicted octanol–water partition coefficient (Wildman–Crippen LogP) is 2.79. The lowest BCUT2D eigenvalue weighted by molar-refractivity contribution is -0.137. The van der Waals surface area contributed by atoms with Crippen LogP contribution in [0.4, 0.5) is 13.2 Å². The van der Waals surface area contributed by atoms with Crippen LogP contribution in [0.2, 0.25) is 0 Å². The summed E-state index contributed by atoms with van der Waals surface area (Å²) in [5.41, 5.74) is 3.85. The van der Waals surface area contributed by atoms with Crippen LogP contribution in [0.1, 0.15) is 25.0 Å². The molecule has 1 rings (SSSR count). The lowest BCUT2D eigenvalue weighted by atomic mass is 10.1. The normalized spacial score (nSPS) is 13.1. The van der Waals surface area contributed by atoms with Crippen LogP contribution in [0.5, 0.6) is 5.75 Å². The molecule has 1 unspecified atom stereocenters. The Morgan fingerprint density at radius 3 is 2.55 bits per heavy atom. The van der Waals surface area contributed by atoms with E-state index in [0.717, 1.165) is 12.1 Å². The Bertz CT molecular complexity index is 475. The van der Waals surface area contributed by atoms with Crippen molar-refractivity contribution in [3.8, 4) is 5.75 Å². The Labute approximate surface area is 115 Å². The number of rotatable bonds is 6. The van der Waals surface area contributed by atoms with Gasteiger partial charge in [0.2, 0.25) is 0 Å². The van der Waals surface area contributed by atoms with E-state index in [0.29, 0.717) is 13.2 Å². The Balaban J connectivity index is 2.96. The molecule has 0 aliphatic rings. The first-order chi connectivity index (χ1) is 9.25. The molecular weight excluding hydrogens is 273 g/mol. The van der Waals surface area contributed by atoms with Crippen molar-refractivity contribution in [2.45, 2.75) is 26.1 Å². The zero-order valence-electron chi connectivity index (χ0n) is 11.3. The van der Waals surface area contributed by atoms with Crippen molar-refractivity contribution in [1.29, 1.82) is 5.41 Å². The number of ether oxygens (including phenoxy) is 2. The van der Waals surface area contributed by atoms with E-state index in [1.54, 1.807) is 6.92 Å². The van der Waals surface area contributed by atoms with Crippen molar-refractivity contribution < 1.29 is 22.6 Å². The largest absolute Gasteiger partial charge is 0.488 e. The SMILES string of the molecule is CCOCC(C)Oc1ccc(C(F)(F)F)c(C(=N)N)c1. The second kappa shape index (κ2) is 6.60. The van der Waals surface area contributed by atoms with Gasteiger partial charge >= 0.3 is 6.18 Å². The lowest BCUT2D eigenvalue weighted by Gasteiger charge is -2.17. The van der Waals surface area contributed by atoms with Crippen molar-refractivity contribution >= 4 is 5.84 Å². The smallest absolute Gasteiger partial charge is 0.417 e. The molecule has 112 valence electrons. The van der Waals surface area contributed by atoms with Gasteiger partial charge in [0.1, 0.15) is 17.7 Å². The van der Waals surface area contributed by atoms with Gasteiger partial charge in [0, 0.05) is 12.2 Å². The number of amidine groups is 1. The van der Waals surface area contributed by atoms with Crippen molar-refractivity contribution in [1.82, 2.24) is 0 Å². The molecular formula is C13H17F3N2O2. The molecule has 1 aromatic carbocycles. The number of halogens is 3. The van der Waals surface area contributed by atoms with Crippen molar-refractivity contribution in [2.75, 3.05) is 13.2 Å². The lowest BCUT2D eigenvalue weighted by Crippen LogP contribution is -2.21. The fraction of sp³-hybridized carbons (Fsp3) is 0.462. The quantitative estimate of drug-likeness (QED) is 0.625.